The first-order valence-electron chi connectivity index (χ1n) is 8.05. The van der Waals surface area contributed by atoms with E-state index >= 15 is 0 Å². The van der Waals surface area contributed by atoms with Gasteiger partial charge in [0.15, 0.2) is 0 Å². The Balaban J connectivity index is 1.65. The Labute approximate surface area is 110 Å². The summed E-state index contributed by atoms with van der Waals surface area (Å²) in [6.45, 7) is 0. The van der Waals surface area contributed by atoms with Crippen LogP contribution in [0.1, 0.15) is 64.2 Å². The van der Waals surface area contributed by atoms with Gasteiger partial charge < -0.3 is 10.2 Å². The van der Waals surface area contributed by atoms with Crippen molar-refractivity contribution in [2.75, 3.05) is 0 Å². The molecule has 4 bridgehead atoms. The molecule has 0 aromatic rings. The predicted octanol–water partition coefficient (Wildman–Crippen LogP) is 2.87. The van der Waals surface area contributed by atoms with Gasteiger partial charge in [0.25, 0.3) is 0 Å². The molecule has 0 aliphatic heterocycles. The number of rotatable bonds is 1. The number of hydrogen-bond donors (Lipinski definition) is 2. The van der Waals surface area contributed by atoms with E-state index in [1.54, 1.807) is 0 Å². The fraction of sp³-hybridized carbons (Fsp3) is 1.00. The second-order valence-corrected chi connectivity index (χ2v) is 7.79. The SMILES string of the molecule is OC12CC3CC(C1)C(O)(C1CCCCC1)C(C3)C2. The van der Waals surface area contributed by atoms with Gasteiger partial charge in [-0.3, -0.25) is 0 Å². The zero-order chi connectivity index (χ0) is 12.4. The first kappa shape index (κ1) is 11.7. The van der Waals surface area contributed by atoms with Crippen molar-refractivity contribution in [2.24, 2.45) is 23.7 Å². The fourth-order valence-corrected chi connectivity index (χ4v) is 6.21. The number of aliphatic hydroxyl groups is 2. The molecule has 102 valence electrons. The third-order valence-electron chi connectivity index (χ3n) is 6.72. The smallest absolute Gasteiger partial charge is 0.0734 e. The van der Waals surface area contributed by atoms with E-state index < -0.39 is 11.2 Å². The molecule has 2 unspecified atom stereocenters. The lowest BCUT2D eigenvalue weighted by atomic mass is 9.45. The molecular formula is C16H26O2. The lowest BCUT2D eigenvalue weighted by Crippen LogP contribution is -2.66. The van der Waals surface area contributed by atoms with Crippen LogP contribution >= 0.6 is 0 Å². The Bertz CT molecular complexity index is 329. The summed E-state index contributed by atoms with van der Waals surface area (Å²) in [6.07, 6.45) is 11.6. The molecule has 18 heavy (non-hydrogen) atoms. The van der Waals surface area contributed by atoms with E-state index in [0.717, 1.165) is 19.3 Å². The van der Waals surface area contributed by atoms with Crippen LogP contribution in [0.4, 0.5) is 0 Å². The van der Waals surface area contributed by atoms with E-state index in [2.05, 4.69) is 0 Å². The van der Waals surface area contributed by atoms with Crippen molar-refractivity contribution in [2.45, 2.75) is 75.4 Å². The molecule has 0 heterocycles. The standard InChI is InChI=1S/C16H26O2/c17-15-8-11-6-13(9-15)16(18,14(7-11)10-15)12-4-2-1-3-5-12/h11-14,17-18H,1-10H2. The molecule has 2 N–H and O–H groups in total. The summed E-state index contributed by atoms with van der Waals surface area (Å²) in [5, 5.41) is 22.0. The van der Waals surface area contributed by atoms with Crippen molar-refractivity contribution in [1.29, 1.82) is 0 Å². The van der Waals surface area contributed by atoms with Crippen LogP contribution in [0.5, 0.6) is 0 Å². The molecule has 5 saturated carbocycles. The van der Waals surface area contributed by atoms with Crippen molar-refractivity contribution in [3.63, 3.8) is 0 Å². The van der Waals surface area contributed by atoms with E-state index in [-0.39, 0.29) is 0 Å². The average molecular weight is 250 g/mol. The van der Waals surface area contributed by atoms with Crippen LogP contribution in [-0.2, 0) is 0 Å². The van der Waals surface area contributed by atoms with Gasteiger partial charge in [-0.15, -0.1) is 0 Å². The second-order valence-electron chi connectivity index (χ2n) is 7.79. The highest BCUT2D eigenvalue weighted by molar-refractivity contribution is 5.14. The average Bonchev–Trinajstić information content (AvgIpc) is 2.35. The lowest BCUT2D eigenvalue weighted by molar-refractivity contribution is -0.249. The molecule has 0 saturated heterocycles. The largest absolute Gasteiger partial charge is 0.390 e. The monoisotopic (exact) mass is 250 g/mol. The normalized spacial score (nSPS) is 56.0. The maximum Gasteiger partial charge on any atom is 0.0734 e. The van der Waals surface area contributed by atoms with Crippen LogP contribution in [-0.4, -0.2) is 21.4 Å². The molecule has 5 fully saturated rings. The molecule has 2 nitrogen and oxygen atoms in total. The van der Waals surface area contributed by atoms with Crippen molar-refractivity contribution in [1.82, 2.24) is 0 Å². The molecule has 5 aliphatic rings. The van der Waals surface area contributed by atoms with Gasteiger partial charge in [0.2, 0.25) is 0 Å². The molecule has 0 amide bonds. The molecular weight excluding hydrogens is 224 g/mol. The highest BCUT2D eigenvalue weighted by atomic mass is 16.3. The fourth-order valence-electron chi connectivity index (χ4n) is 6.21. The van der Waals surface area contributed by atoms with E-state index in [0.29, 0.717) is 23.7 Å². The van der Waals surface area contributed by atoms with Gasteiger partial charge in [-0.1, -0.05) is 19.3 Å². The Kier molecular flexibility index (Phi) is 2.43. The van der Waals surface area contributed by atoms with Crippen molar-refractivity contribution in [3.8, 4) is 0 Å². The zero-order valence-electron chi connectivity index (χ0n) is 11.3. The summed E-state index contributed by atoms with van der Waals surface area (Å²) in [6, 6.07) is 0. The van der Waals surface area contributed by atoms with Crippen LogP contribution in [0.25, 0.3) is 0 Å². The summed E-state index contributed by atoms with van der Waals surface area (Å²) < 4.78 is 0. The van der Waals surface area contributed by atoms with Crippen LogP contribution < -0.4 is 0 Å². The van der Waals surface area contributed by atoms with Gasteiger partial charge in [0.1, 0.15) is 0 Å². The van der Waals surface area contributed by atoms with Gasteiger partial charge in [-0.25, -0.2) is 0 Å². The molecule has 2 atom stereocenters. The van der Waals surface area contributed by atoms with E-state index in [1.807, 2.05) is 0 Å². The molecule has 2 heteroatoms. The Hall–Kier alpha value is -0.0800. The summed E-state index contributed by atoms with van der Waals surface area (Å²) in [5.74, 6) is 2.04. The molecule has 5 rings (SSSR count). The first-order valence-corrected chi connectivity index (χ1v) is 8.05. The van der Waals surface area contributed by atoms with E-state index in [1.165, 1.54) is 44.9 Å². The maximum absolute atomic E-state index is 11.4. The van der Waals surface area contributed by atoms with Crippen molar-refractivity contribution >= 4 is 0 Å². The topological polar surface area (TPSA) is 40.5 Å². The minimum Gasteiger partial charge on any atom is -0.390 e. The molecule has 0 radical (unpaired) electrons. The minimum absolute atomic E-state index is 0.400. The molecule has 5 aliphatic carbocycles. The lowest BCUT2D eigenvalue weighted by Gasteiger charge is -2.64. The minimum atomic E-state index is -0.413. The van der Waals surface area contributed by atoms with E-state index in [9.17, 15) is 10.2 Å². The zero-order valence-corrected chi connectivity index (χ0v) is 11.3. The first-order chi connectivity index (χ1) is 8.60. The Morgan fingerprint density at radius 1 is 0.722 bits per heavy atom. The van der Waals surface area contributed by atoms with Gasteiger partial charge in [-0.05, 0) is 68.6 Å². The van der Waals surface area contributed by atoms with Crippen molar-refractivity contribution in [3.05, 3.63) is 0 Å². The summed E-state index contributed by atoms with van der Waals surface area (Å²) in [4.78, 5) is 0. The van der Waals surface area contributed by atoms with Crippen molar-refractivity contribution < 1.29 is 10.2 Å². The maximum atomic E-state index is 11.4. The van der Waals surface area contributed by atoms with Crippen LogP contribution in [0.2, 0.25) is 0 Å². The van der Waals surface area contributed by atoms with Crippen LogP contribution in [0.3, 0.4) is 0 Å². The highest BCUT2D eigenvalue weighted by Crippen LogP contribution is 2.63. The van der Waals surface area contributed by atoms with Gasteiger partial charge >= 0.3 is 0 Å². The van der Waals surface area contributed by atoms with Gasteiger partial charge in [-0.2, -0.15) is 0 Å². The van der Waals surface area contributed by atoms with Crippen LogP contribution in [0.15, 0.2) is 0 Å². The predicted molar refractivity (Wildman–Crippen MR) is 70.0 cm³/mol. The number of hydrogen-bond acceptors (Lipinski definition) is 2. The summed E-state index contributed by atoms with van der Waals surface area (Å²) >= 11 is 0. The van der Waals surface area contributed by atoms with E-state index in [4.69, 9.17) is 0 Å². The molecule has 0 aromatic heterocycles. The highest BCUT2D eigenvalue weighted by Gasteiger charge is 2.63. The third kappa shape index (κ3) is 1.48. The Morgan fingerprint density at radius 2 is 1.33 bits per heavy atom. The Morgan fingerprint density at radius 3 is 1.89 bits per heavy atom. The molecule has 0 spiro atoms. The van der Waals surface area contributed by atoms with Gasteiger partial charge in [0.05, 0.1) is 11.2 Å². The third-order valence-corrected chi connectivity index (χ3v) is 6.72. The van der Waals surface area contributed by atoms with Gasteiger partial charge in [0, 0.05) is 0 Å². The summed E-state index contributed by atoms with van der Waals surface area (Å²) in [7, 11) is 0. The quantitative estimate of drug-likeness (QED) is 0.751. The van der Waals surface area contributed by atoms with Crippen LogP contribution in [0, 0.1) is 23.7 Å². The molecule has 0 aromatic carbocycles. The second kappa shape index (κ2) is 3.73. The summed E-state index contributed by atoms with van der Waals surface area (Å²) in [5.41, 5.74) is -0.818.